The first-order valence-electron chi connectivity index (χ1n) is 6.35. The molecular weight excluding hydrogens is 246 g/mol. The summed E-state index contributed by atoms with van der Waals surface area (Å²) < 4.78 is 0. The van der Waals surface area contributed by atoms with E-state index in [-0.39, 0.29) is 18.1 Å². The fourth-order valence-electron chi connectivity index (χ4n) is 1.88. The van der Waals surface area contributed by atoms with Gasteiger partial charge in [-0.1, -0.05) is 6.42 Å². The van der Waals surface area contributed by atoms with Gasteiger partial charge in [-0.05, 0) is 30.9 Å². The molecule has 1 aromatic heterocycles. The third-order valence-electron chi connectivity index (χ3n) is 3.27. The fourth-order valence-corrected chi connectivity index (χ4v) is 1.88. The van der Waals surface area contributed by atoms with Gasteiger partial charge in [-0.2, -0.15) is 0 Å². The molecule has 19 heavy (non-hydrogen) atoms. The molecule has 2 amide bonds. The van der Waals surface area contributed by atoms with Crippen LogP contribution in [0, 0.1) is 5.92 Å². The van der Waals surface area contributed by atoms with Gasteiger partial charge in [0.15, 0.2) is 0 Å². The van der Waals surface area contributed by atoms with Crippen molar-refractivity contribution >= 4 is 12.0 Å². The minimum absolute atomic E-state index is 0.168. The van der Waals surface area contributed by atoms with Crippen LogP contribution in [0.2, 0.25) is 0 Å². The Hall–Kier alpha value is -2.11. The lowest BCUT2D eigenvalue weighted by atomic mass is 9.85. The molecule has 102 valence electrons. The second-order valence-electron chi connectivity index (χ2n) is 4.70. The third kappa shape index (κ3) is 3.94. The average molecular weight is 263 g/mol. The number of rotatable bonds is 5. The SMILES string of the molecule is O=C(NCc1cc(C(=O)O)ccn1)NCC1CCC1. The molecule has 0 radical (unpaired) electrons. The van der Waals surface area contributed by atoms with Crippen molar-refractivity contribution in [1.29, 1.82) is 0 Å². The van der Waals surface area contributed by atoms with Crippen LogP contribution in [0.25, 0.3) is 0 Å². The van der Waals surface area contributed by atoms with Gasteiger partial charge in [-0.25, -0.2) is 9.59 Å². The molecule has 1 aliphatic rings. The predicted octanol–water partition coefficient (Wildman–Crippen LogP) is 1.38. The summed E-state index contributed by atoms with van der Waals surface area (Å²) in [5, 5.41) is 14.3. The molecule has 0 atom stereocenters. The Balaban J connectivity index is 1.75. The Morgan fingerprint density at radius 3 is 2.79 bits per heavy atom. The first-order valence-corrected chi connectivity index (χ1v) is 6.35. The predicted molar refractivity (Wildman–Crippen MR) is 68.8 cm³/mol. The molecule has 0 spiro atoms. The average Bonchev–Trinajstić information content (AvgIpc) is 2.35. The van der Waals surface area contributed by atoms with Crippen LogP contribution in [0.3, 0.4) is 0 Å². The zero-order valence-electron chi connectivity index (χ0n) is 10.6. The van der Waals surface area contributed by atoms with Gasteiger partial charge in [-0.15, -0.1) is 0 Å². The first kappa shape index (κ1) is 13.3. The van der Waals surface area contributed by atoms with Crippen LogP contribution in [-0.4, -0.2) is 28.6 Å². The van der Waals surface area contributed by atoms with Crippen molar-refractivity contribution in [2.24, 2.45) is 5.92 Å². The van der Waals surface area contributed by atoms with E-state index >= 15 is 0 Å². The summed E-state index contributed by atoms with van der Waals surface area (Å²) in [6.45, 7) is 0.923. The maximum absolute atomic E-state index is 11.5. The summed E-state index contributed by atoms with van der Waals surface area (Å²) in [6.07, 6.45) is 5.04. The highest BCUT2D eigenvalue weighted by molar-refractivity contribution is 5.87. The highest BCUT2D eigenvalue weighted by atomic mass is 16.4. The number of urea groups is 1. The molecule has 0 unspecified atom stereocenters. The molecule has 0 aliphatic heterocycles. The smallest absolute Gasteiger partial charge is 0.335 e. The molecule has 0 saturated heterocycles. The maximum Gasteiger partial charge on any atom is 0.335 e. The zero-order valence-corrected chi connectivity index (χ0v) is 10.6. The van der Waals surface area contributed by atoms with Crippen LogP contribution in [0.15, 0.2) is 18.3 Å². The first-order chi connectivity index (χ1) is 9.15. The monoisotopic (exact) mass is 263 g/mol. The van der Waals surface area contributed by atoms with Gasteiger partial charge in [0.05, 0.1) is 17.8 Å². The Bertz CT molecular complexity index is 472. The molecule has 1 fully saturated rings. The van der Waals surface area contributed by atoms with Crippen LogP contribution in [0.4, 0.5) is 4.79 Å². The van der Waals surface area contributed by atoms with Gasteiger partial charge in [0.1, 0.15) is 0 Å². The van der Waals surface area contributed by atoms with Crippen molar-refractivity contribution < 1.29 is 14.7 Å². The van der Waals surface area contributed by atoms with E-state index in [9.17, 15) is 9.59 Å². The molecule has 1 aromatic rings. The fraction of sp³-hybridized carbons (Fsp3) is 0.462. The Labute approximate surface area is 111 Å². The van der Waals surface area contributed by atoms with Crippen molar-refractivity contribution in [1.82, 2.24) is 15.6 Å². The Morgan fingerprint density at radius 1 is 1.37 bits per heavy atom. The lowest BCUT2D eigenvalue weighted by molar-refractivity contribution is 0.0696. The highest BCUT2D eigenvalue weighted by Gasteiger charge is 2.17. The zero-order chi connectivity index (χ0) is 13.7. The molecule has 2 rings (SSSR count). The normalized spacial score (nSPS) is 14.5. The number of hydrogen-bond acceptors (Lipinski definition) is 3. The van der Waals surface area contributed by atoms with Crippen molar-refractivity contribution in [3.8, 4) is 0 Å². The number of nitrogens with zero attached hydrogens (tertiary/aromatic N) is 1. The number of hydrogen-bond donors (Lipinski definition) is 3. The Kier molecular flexibility index (Phi) is 4.33. The van der Waals surface area contributed by atoms with Gasteiger partial charge in [-0.3, -0.25) is 4.98 Å². The number of aromatic nitrogens is 1. The van der Waals surface area contributed by atoms with Crippen LogP contribution in [0.1, 0.15) is 35.3 Å². The van der Waals surface area contributed by atoms with Crippen molar-refractivity contribution in [3.63, 3.8) is 0 Å². The summed E-state index contributed by atoms with van der Waals surface area (Å²) in [6, 6.07) is 2.63. The lowest BCUT2D eigenvalue weighted by Crippen LogP contribution is -2.39. The van der Waals surface area contributed by atoms with E-state index in [4.69, 9.17) is 5.11 Å². The molecular formula is C13H17N3O3. The van der Waals surface area contributed by atoms with E-state index in [1.54, 1.807) is 0 Å². The van der Waals surface area contributed by atoms with Crippen LogP contribution >= 0.6 is 0 Å². The summed E-state index contributed by atoms with van der Waals surface area (Å²) in [4.78, 5) is 26.3. The maximum atomic E-state index is 11.5. The van der Waals surface area contributed by atoms with Crippen LogP contribution in [0.5, 0.6) is 0 Å². The second kappa shape index (κ2) is 6.17. The van der Waals surface area contributed by atoms with Gasteiger partial charge in [0.2, 0.25) is 0 Å². The number of carbonyl (C=O) groups is 2. The molecule has 1 heterocycles. The quantitative estimate of drug-likeness (QED) is 0.748. The van der Waals surface area contributed by atoms with Gasteiger partial charge in [0.25, 0.3) is 0 Å². The van der Waals surface area contributed by atoms with Crippen molar-refractivity contribution in [2.75, 3.05) is 6.54 Å². The van der Waals surface area contributed by atoms with E-state index in [1.807, 2.05) is 0 Å². The Morgan fingerprint density at radius 2 is 2.16 bits per heavy atom. The number of carbonyl (C=O) groups excluding carboxylic acids is 1. The van der Waals surface area contributed by atoms with E-state index in [0.29, 0.717) is 18.2 Å². The van der Waals surface area contributed by atoms with Gasteiger partial charge < -0.3 is 15.7 Å². The molecule has 1 aliphatic carbocycles. The number of aromatic carboxylic acids is 1. The van der Waals surface area contributed by atoms with E-state index in [0.717, 1.165) is 0 Å². The summed E-state index contributed by atoms with van der Waals surface area (Å²) in [7, 11) is 0. The summed E-state index contributed by atoms with van der Waals surface area (Å²) in [5.41, 5.74) is 0.695. The lowest BCUT2D eigenvalue weighted by Gasteiger charge is -2.25. The molecule has 6 nitrogen and oxygen atoms in total. The molecule has 0 aromatic carbocycles. The largest absolute Gasteiger partial charge is 0.478 e. The highest BCUT2D eigenvalue weighted by Crippen LogP contribution is 2.24. The summed E-state index contributed by atoms with van der Waals surface area (Å²) in [5.74, 6) is -0.391. The van der Waals surface area contributed by atoms with Crippen molar-refractivity contribution in [3.05, 3.63) is 29.6 Å². The number of carboxylic acids is 1. The minimum Gasteiger partial charge on any atom is -0.478 e. The number of pyridine rings is 1. The van der Waals surface area contributed by atoms with Gasteiger partial charge >= 0.3 is 12.0 Å². The molecule has 6 heteroatoms. The van der Waals surface area contributed by atoms with E-state index in [1.165, 1.54) is 37.6 Å². The topological polar surface area (TPSA) is 91.3 Å². The number of carboxylic acid groups (broad SMARTS) is 1. The minimum atomic E-state index is -1.00. The second-order valence-corrected chi connectivity index (χ2v) is 4.70. The summed E-state index contributed by atoms with van der Waals surface area (Å²) >= 11 is 0. The van der Waals surface area contributed by atoms with Crippen molar-refractivity contribution in [2.45, 2.75) is 25.8 Å². The molecule has 3 N–H and O–H groups in total. The van der Waals surface area contributed by atoms with E-state index < -0.39 is 5.97 Å². The molecule has 0 bridgehead atoms. The number of nitrogens with one attached hydrogen (secondary N) is 2. The molecule has 1 saturated carbocycles. The number of amides is 2. The van der Waals surface area contributed by atoms with Crippen LogP contribution < -0.4 is 10.6 Å². The van der Waals surface area contributed by atoms with Crippen LogP contribution in [-0.2, 0) is 6.54 Å². The van der Waals surface area contributed by atoms with Gasteiger partial charge in [0, 0.05) is 12.7 Å². The van der Waals surface area contributed by atoms with E-state index in [2.05, 4.69) is 15.6 Å². The third-order valence-corrected chi connectivity index (χ3v) is 3.27. The standard InChI is InChI=1S/C13H17N3O3/c17-12(18)10-4-5-14-11(6-10)8-16-13(19)15-7-9-2-1-3-9/h4-6,9H,1-3,7-8H2,(H,17,18)(H2,15,16,19).